The normalized spacial score (nSPS) is 12.2. The molecule has 0 amide bonds. The minimum Gasteiger partial charge on any atom is -0.269 e. The van der Waals surface area contributed by atoms with Gasteiger partial charge in [-0.2, -0.15) is 33.4 Å². The molecule has 0 aliphatic heterocycles. The summed E-state index contributed by atoms with van der Waals surface area (Å²) in [7, 11) is 0. The van der Waals surface area contributed by atoms with Gasteiger partial charge < -0.3 is 0 Å². The molecule has 0 saturated heterocycles. The Balaban J connectivity index is 0.000000184. The predicted molar refractivity (Wildman–Crippen MR) is 106 cm³/mol. The molecule has 0 bridgehead atoms. The quantitative estimate of drug-likeness (QED) is 0.247. The van der Waals surface area contributed by atoms with Gasteiger partial charge in [-0.05, 0) is 10.8 Å². The van der Waals surface area contributed by atoms with Crippen molar-refractivity contribution in [3.05, 3.63) is 81.4 Å². The molecule has 4 rings (SSSR count). The van der Waals surface area contributed by atoms with Crippen LogP contribution in [0.25, 0.3) is 16.3 Å². The molecular weight excluding hydrogens is 467 g/mol. The van der Waals surface area contributed by atoms with Crippen molar-refractivity contribution < 1.29 is 25.8 Å². The van der Waals surface area contributed by atoms with Crippen LogP contribution in [-0.4, -0.2) is 0 Å². The van der Waals surface area contributed by atoms with Crippen LogP contribution in [-0.2, 0) is 32.3 Å². The van der Waals surface area contributed by atoms with E-state index in [4.69, 9.17) is 0 Å². The monoisotopic (exact) mass is 494 g/mol. The summed E-state index contributed by atoms with van der Waals surface area (Å²) in [6, 6.07) is 13.1. The molecule has 0 N–H and O–H groups in total. The van der Waals surface area contributed by atoms with Gasteiger partial charge in [0.15, 0.2) is 0 Å². The number of hydrogen-bond acceptors (Lipinski definition) is 0. The molecule has 3 aromatic rings. The first-order valence-electron chi connectivity index (χ1n) is 8.69. The Labute approximate surface area is 171 Å². The van der Waals surface area contributed by atoms with E-state index < -0.39 is 0 Å². The van der Waals surface area contributed by atoms with Crippen LogP contribution in [0.3, 0.4) is 0 Å². The molecule has 1 aliphatic carbocycles. The third-order valence-corrected chi connectivity index (χ3v) is 5.73. The van der Waals surface area contributed by atoms with Crippen molar-refractivity contribution in [1.82, 2.24) is 0 Å². The average Bonchev–Trinajstić information content (AvgIpc) is 3.03. The Morgan fingerprint density at radius 3 is 1.84 bits per heavy atom. The van der Waals surface area contributed by atoms with Crippen molar-refractivity contribution >= 4 is 16.3 Å². The summed E-state index contributed by atoms with van der Waals surface area (Å²) >= 11 is 0. The van der Waals surface area contributed by atoms with Crippen molar-refractivity contribution in [1.29, 1.82) is 0 Å². The van der Waals surface area contributed by atoms with Gasteiger partial charge in [-0.3, -0.25) is 6.08 Å². The Bertz CT molecular complexity index is 858. The van der Waals surface area contributed by atoms with Crippen molar-refractivity contribution in [2.24, 2.45) is 0 Å². The Hall–Kier alpha value is -1.34. The van der Waals surface area contributed by atoms with Gasteiger partial charge in [0.1, 0.15) is 0 Å². The molecule has 128 valence electrons. The van der Waals surface area contributed by atoms with Crippen molar-refractivity contribution in [3.63, 3.8) is 0 Å². The summed E-state index contributed by atoms with van der Waals surface area (Å²) in [4.78, 5) is 0. The first kappa shape index (κ1) is 20.0. The van der Waals surface area contributed by atoms with Gasteiger partial charge in [-0.25, -0.2) is 5.57 Å². The zero-order chi connectivity index (χ0) is 17.4. The summed E-state index contributed by atoms with van der Waals surface area (Å²) in [5, 5.41) is 2.66. The molecule has 25 heavy (non-hydrogen) atoms. The molecule has 0 saturated carbocycles. The van der Waals surface area contributed by atoms with Gasteiger partial charge in [0, 0.05) is 25.8 Å². The van der Waals surface area contributed by atoms with E-state index in [1.54, 1.807) is 0 Å². The van der Waals surface area contributed by atoms with E-state index in [1.165, 1.54) is 55.3 Å². The molecule has 0 heterocycles. The van der Waals surface area contributed by atoms with Crippen molar-refractivity contribution in [2.75, 3.05) is 0 Å². The molecule has 0 radical (unpaired) electrons. The molecular formula is C24H26Hf-2. The predicted octanol–water partition coefficient (Wildman–Crippen LogP) is 6.55. The van der Waals surface area contributed by atoms with Crippen LogP contribution in [0.2, 0.25) is 0 Å². The fraction of sp³-hybridized carbons (Fsp3) is 0.292. The summed E-state index contributed by atoms with van der Waals surface area (Å²) < 4.78 is 0. The first-order chi connectivity index (χ1) is 11.4. The van der Waals surface area contributed by atoms with Crippen LogP contribution in [0.4, 0.5) is 0 Å². The third-order valence-electron chi connectivity index (χ3n) is 5.73. The van der Waals surface area contributed by atoms with E-state index in [0.29, 0.717) is 0 Å². The van der Waals surface area contributed by atoms with Gasteiger partial charge in [0.25, 0.3) is 0 Å². The number of allylic oxidation sites excluding steroid dienone is 2. The number of hydrogen-bond donors (Lipinski definition) is 0. The second-order valence-corrected chi connectivity index (χ2v) is 6.96. The van der Waals surface area contributed by atoms with Crippen LogP contribution in [0.5, 0.6) is 0 Å². The van der Waals surface area contributed by atoms with E-state index in [1.807, 2.05) is 0 Å². The second kappa shape index (κ2) is 7.91. The Morgan fingerprint density at radius 1 is 0.840 bits per heavy atom. The molecule has 1 heteroatoms. The number of benzene rings is 2. The van der Waals surface area contributed by atoms with Gasteiger partial charge in [0.2, 0.25) is 0 Å². The number of rotatable bonds is 0. The van der Waals surface area contributed by atoms with Gasteiger partial charge >= 0.3 is 0 Å². The summed E-state index contributed by atoms with van der Waals surface area (Å²) in [6.45, 7) is 13.1. The van der Waals surface area contributed by atoms with Gasteiger partial charge in [0.05, 0.1) is 0 Å². The average molecular weight is 493 g/mol. The standard InChI is InChI=1S/C14H11.C10H15.Hf/c1-10-6-7-13-8-11-4-2-3-5-12(11)9-14(10)13;1-6-7(2)9(4)10(5)8(6)3;/h2-5,8-9H,7H2,1H3;1-5H3;/q2*-1;. The van der Waals surface area contributed by atoms with E-state index in [0.717, 1.165) is 6.42 Å². The molecule has 3 aromatic carbocycles. The minimum atomic E-state index is 0. The topological polar surface area (TPSA) is 0 Å². The summed E-state index contributed by atoms with van der Waals surface area (Å²) in [6.07, 6.45) is 4.35. The van der Waals surface area contributed by atoms with Crippen LogP contribution >= 0.6 is 0 Å². The van der Waals surface area contributed by atoms with Gasteiger partial charge in [-0.15, -0.1) is 18.1 Å². The molecule has 0 atom stereocenters. The zero-order valence-corrected chi connectivity index (χ0v) is 19.8. The van der Waals surface area contributed by atoms with E-state index >= 15 is 0 Å². The second-order valence-electron chi connectivity index (χ2n) is 6.96. The molecule has 0 unspecified atom stereocenters. The molecule has 1 aliphatic rings. The van der Waals surface area contributed by atoms with Crippen molar-refractivity contribution in [3.8, 4) is 0 Å². The van der Waals surface area contributed by atoms with Crippen LogP contribution in [0, 0.1) is 40.7 Å². The molecule has 0 nitrogen and oxygen atoms in total. The fourth-order valence-corrected chi connectivity index (χ4v) is 3.51. The van der Waals surface area contributed by atoms with E-state index in [2.05, 4.69) is 84.0 Å². The molecule has 0 fully saturated rings. The maximum Gasteiger partial charge on any atom is 0 e. The van der Waals surface area contributed by atoms with Crippen LogP contribution in [0.1, 0.15) is 45.9 Å². The third kappa shape index (κ3) is 3.77. The van der Waals surface area contributed by atoms with E-state index in [9.17, 15) is 0 Å². The Kier molecular flexibility index (Phi) is 6.32. The van der Waals surface area contributed by atoms with Crippen molar-refractivity contribution in [2.45, 2.75) is 48.0 Å². The molecule has 0 spiro atoms. The number of fused-ring (bicyclic) bond motifs is 2. The molecule has 0 aromatic heterocycles. The SMILES string of the molecule is CC1=[C-]Cc2cc3ccccc3cc21.Cc1c(C)c(C)[c-](C)c1C.[Hf]. The Morgan fingerprint density at radius 2 is 1.36 bits per heavy atom. The largest absolute Gasteiger partial charge is 0.269 e. The van der Waals surface area contributed by atoms with E-state index in [-0.39, 0.29) is 25.8 Å². The van der Waals surface area contributed by atoms with Crippen LogP contribution in [0.15, 0.2) is 36.4 Å². The first-order valence-corrected chi connectivity index (χ1v) is 8.69. The van der Waals surface area contributed by atoms with Gasteiger partial charge in [-0.1, -0.05) is 71.9 Å². The van der Waals surface area contributed by atoms with Crippen LogP contribution < -0.4 is 0 Å². The summed E-state index contributed by atoms with van der Waals surface area (Å²) in [5.41, 5.74) is 11.4. The summed E-state index contributed by atoms with van der Waals surface area (Å²) in [5.74, 6) is 0. The minimum absolute atomic E-state index is 0. The smallest absolute Gasteiger partial charge is 0 e. The maximum atomic E-state index is 3.38. The zero-order valence-electron chi connectivity index (χ0n) is 16.2. The maximum absolute atomic E-state index is 3.38. The fourth-order valence-electron chi connectivity index (χ4n) is 3.51.